The number of hydrogen-bond acceptors (Lipinski definition) is 4. The Morgan fingerprint density at radius 1 is 1.16 bits per heavy atom. The van der Waals surface area contributed by atoms with Crippen LogP contribution in [0.15, 0.2) is 76.3 Å². The number of halogens is 1. The van der Waals surface area contributed by atoms with Crippen molar-refractivity contribution in [2.24, 2.45) is 5.10 Å². The minimum Gasteiger partial charge on any atom is -0.453 e. The predicted octanol–water partition coefficient (Wildman–Crippen LogP) is 5.36. The zero-order valence-electron chi connectivity index (χ0n) is 16.9. The first-order valence-corrected chi connectivity index (χ1v) is 11.2. The molecule has 3 aromatic carbocycles. The van der Waals surface area contributed by atoms with E-state index in [1.54, 1.807) is 0 Å². The van der Waals surface area contributed by atoms with E-state index in [0.717, 1.165) is 50.3 Å². The van der Waals surface area contributed by atoms with Crippen LogP contribution in [0.2, 0.25) is 0 Å². The molecule has 3 aromatic rings. The lowest BCUT2D eigenvalue weighted by Gasteiger charge is -2.44. The molecule has 0 bridgehead atoms. The highest BCUT2D eigenvalue weighted by Crippen LogP contribution is 2.54. The molecule has 1 amide bonds. The third-order valence-electron chi connectivity index (χ3n) is 6.36. The van der Waals surface area contributed by atoms with Crippen molar-refractivity contribution in [2.75, 3.05) is 5.32 Å². The van der Waals surface area contributed by atoms with E-state index in [9.17, 15) is 4.79 Å². The summed E-state index contributed by atoms with van der Waals surface area (Å²) in [6.45, 7) is 2.11. The largest absolute Gasteiger partial charge is 0.453 e. The highest BCUT2D eigenvalue weighted by Gasteiger charge is 2.60. The fourth-order valence-corrected chi connectivity index (χ4v) is 5.04. The quantitative estimate of drug-likeness (QED) is 0.544. The molecule has 0 fully saturated rings. The molecule has 0 unspecified atom stereocenters. The van der Waals surface area contributed by atoms with Crippen LogP contribution in [0.1, 0.15) is 41.6 Å². The maximum absolute atomic E-state index is 13.5. The van der Waals surface area contributed by atoms with Gasteiger partial charge in [0, 0.05) is 16.5 Å². The van der Waals surface area contributed by atoms with Crippen LogP contribution >= 0.6 is 15.9 Å². The molecule has 1 N–H and O–H groups in total. The van der Waals surface area contributed by atoms with E-state index in [4.69, 9.17) is 9.84 Å². The Kier molecular flexibility index (Phi) is 4.02. The fourth-order valence-electron chi connectivity index (χ4n) is 4.77. The highest BCUT2D eigenvalue weighted by atomic mass is 79.9. The molecule has 0 aromatic heterocycles. The van der Waals surface area contributed by atoms with Gasteiger partial charge < -0.3 is 10.1 Å². The lowest BCUT2D eigenvalue weighted by molar-refractivity contribution is -0.161. The van der Waals surface area contributed by atoms with Crippen LogP contribution in [0, 0.1) is 0 Å². The zero-order valence-corrected chi connectivity index (χ0v) is 18.5. The maximum atomic E-state index is 13.5. The average molecular weight is 474 g/mol. The number of anilines is 1. The second-order valence-electron chi connectivity index (χ2n) is 8.09. The van der Waals surface area contributed by atoms with Crippen molar-refractivity contribution < 1.29 is 9.53 Å². The third-order valence-corrected chi connectivity index (χ3v) is 6.89. The Morgan fingerprint density at radius 3 is 2.77 bits per heavy atom. The first-order chi connectivity index (χ1) is 15.1. The van der Waals surface area contributed by atoms with Gasteiger partial charge in [-0.25, -0.2) is 5.01 Å². The molecule has 2 atom stereocenters. The predicted molar refractivity (Wildman–Crippen MR) is 123 cm³/mol. The minimum atomic E-state index is -1.31. The number of fused-ring (bicyclic) bond motifs is 6. The number of carbonyl (C=O) groups is 1. The normalized spacial score (nSPS) is 23.0. The highest BCUT2D eigenvalue weighted by molar-refractivity contribution is 9.10. The molecule has 0 saturated heterocycles. The summed E-state index contributed by atoms with van der Waals surface area (Å²) in [6, 6.07) is 22.1. The maximum Gasteiger partial charge on any atom is 0.306 e. The summed E-state index contributed by atoms with van der Waals surface area (Å²) in [4.78, 5) is 13.5. The van der Waals surface area contributed by atoms with Crippen molar-refractivity contribution in [3.05, 3.63) is 93.5 Å². The van der Waals surface area contributed by atoms with Crippen molar-refractivity contribution >= 4 is 33.2 Å². The first-order valence-electron chi connectivity index (χ1n) is 10.5. The van der Waals surface area contributed by atoms with Gasteiger partial charge in [0.15, 0.2) is 0 Å². The molecule has 3 aliphatic rings. The van der Waals surface area contributed by atoms with Crippen LogP contribution in [-0.2, 0) is 16.9 Å². The molecule has 3 heterocycles. The molecule has 0 radical (unpaired) electrons. The Hall–Kier alpha value is -3.12. The number of amides is 1. The summed E-state index contributed by atoms with van der Waals surface area (Å²) in [5, 5.41) is 9.91. The monoisotopic (exact) mass is 473 g/mol. The molecule has 6 heteroatoms. The second kappa shape index (κ2) is 6.69. The molecule has 3 aliphatic heterocycles. The van der Waals surface area contributed by atoms with Gasteiger partial charge in [-0.05, 0) is 47.9 Å². The Labute approximate surface area is 188 Å². The van der Waals surface area contributed by atoms with Crippen molar-refractivity contribution in [3.8, 4) is 5.75 Å². The van der Waals surface area contributed by atoms with E-state index in [2.05, 4.69) is 52.4 Å². The molecule has 0 aliphatic carbocycles. The van der Waals surface area contributed by atoms with Crippen LogP contribution in [0.5, 0.6) is 5.75 Å². The fraction of sp³-hybridized carbons (Fsp3) is 0.200. The number of para-hydroxylation sites is 1. The van der Waals surface area contributed by atoms with E-state index in [-0.39, 0.29) is 11.9 Å². The summed E-state index contributed by atoms with van der Waals surface area (Å²) in [6.07, 6.45) is 1.59. The van der Waals surface area contributed by atoms with Crippen LogP contribution in [0.4, 0.5) is 5.69 Å². The molecule has 6 rings (SSSR count). The lowest BCUT2D eigenvalue weighted by atomic mass is 9.91. The van der Waals surface area contributed by atoms with Crippen LogP contribution in [0.25, 0.3) is 0 Å². The Bertz CT molecular complexity index is 1250. The number of nitrogens with zero attached hydrogens (tertiary/aromatic N) is 2. The van der Waals surface area contributed by atoms with Gasteiger partial charge in [-0.2, -0.15) is 5.10 Å². The van der Waals surface area contributed by atoms with Crippen molar-refractivity contribution in [1.82, 2.24) is 5.01 Å². The topological polar surface area (TPSA) is 53.9 Å². The molecular weight excluding hydrogens is 454 g/mol. The van der Waals surface area contributed by atoms with Crippen molar-refractivity contribution in [3.63, 3.8) is 0 Å². The van der Waals surface area contributed by atoms with Crippen molar-refractivity contribution in [1.29, 1.82) is 0 Å². The summed E-state index contributed by atoms with van der Waals surface area (Å²) in [5.41, 5.74) is 4.51. The van der Waals surface area contributed by atoms with E-state index < -0.39 is 5.72 Å². The lowest BCUT2D eigenvalue weighted by Crippen LogP contribution is -2.55. The Morgan fingerprint density at radius 2 is 1.97 bits per heavy atom. The number of hydrogen-bond donors (Lipinski definition) is 1. The van der Waals surface area contributed by atoms with Gasteiger partial charge in [0.25, 0.3) is 5.91 Å². The van der Waals surface area contributed by atoms with Gasteiger partial charge >= 0.3 is 5.72 Å². The molecule has 1 spiro atoms. The molecule has 154 valence electrons. The number of rotatable bonds is 2. The van der Waals surface area contributed by atoms with Gasteiger partial charge in [0.2, 0.25) is 0 Å². The second-order valence-corrected chi connectivity index (χ2v) is 9.01. The van der Waals surface area contributed by atoms with Gasteiger partial charge in [0.1, 0.15) is 5.75 Å². The summed E-state index contributed by atoms with van der Waals surface area (Å²) in [7, 11) is 0. The number of hydrazone groups is 1. The summed E-state index contributed by atoms with van der Waals surface area (Å²) < 4.78 is 7.56. The first kappa shape index (κ1) is 18.6. The number of aryl methyl sites for hydroxylation is 1. The smallest absolute Gasteiger partial charge is 0.306 e. The third kappa shape index (κ3) is 2.61. The SMILES string of the molecule is CCc1ccc2c(c1)[C@@]1(Oc3ccccc3[C@H]3CC(c4ccc(Br)cc4)=NN31)C(=O)N2. The van der Waals surface area contributed by atoms with Crippen LogP contribution in [-0.4, -0.2) is 16.6 Å². The number of ether oxygens (including phenoxy) is 1. The Balaban J connectivity index is 1.56. The van der Waals surface area contributed by atoms with E-state index in [0.29, 0.717) is 6.42 Å². The molecule has 0 saturated carbocycles. The van der Waals surface area contributed by atoms with Gasteiger partial charge in [-0.3, -0.25) is 4.79 Å². The van der Waals surface area contributed by atoms with E-state index >= 15 is 0 Å². The number of nitrogens with one attached hydrogen (secondary N) is 1. The average Bonchev–Trinajstić information content (AvgIpc) is 3.35. The van der Waals surface area contributed by atoms with Crippen LogP contribution < -0.4 is 10.1 Å². The van der Waals surface area contributed by atoms with Gasteiger partial charge in [0.05, 0.1) is 23.0 Å². The van der Waals surface area contributed by atoms with Crippen molar-refractivity contribution in [2.45, 2.75) is 31.5 Å². The van der Waals surface area contributed by atoms with Gasteiger partial charge in [-0.15, -0.1) is 0 Å². The molecule has 5 nitrogen and oxygen atoms in total. The van der Waals surface area contributed by atoms with Crippen LogP contribution in [0.3, 0.4) is 0 Å². The number of carbonyl (C=O) groups excluding carboxylic acids is 1. The minimum absolute atomic E-state index is 0.0782. The number of benzene rings is 3. The summed E-state index contributed by atoms with van der Waals surface area (Å²) in [5.74, 6) is 0.539. The zero-order chi connectivity index (χ0) is 21.2. The van der Waals surface area contributed by atoms with Gasteiger partial charge in [-0.1, -0.05) is 59.3 Å². The summed E-state index contributed by atoms with van der Waals surface area (Å²) >= 11 is 3.50. The molecular formula is C25H20BrN3O2. The standard InChI is InChI=1S/C25H20BrN3O2/c1-2-15-7-12-20-19(13-15)25(24(30)27-20)29-22(18-5-3-4-6-23(18)31-25)14-21(28-29)16-8-10-17(26)11-9-16/h3-13,22H,2,14H2,1H3,(H,27,30)/t22-,25-/m1/s1. The van der Waals surface area contributed by atoms with E-state index in [1.165, 1.54) is 0 Å². The molecule has 31 heavy (non-hydrogen) atoms. The van der Waals surface area contributed by atoms with E-state index in [1.807, 2.05) is 47.5 Å².